The average Bonchev–Trinajstić information content (AvgIpc) is 3.32. The molecule has 0 amide bonds. The molecule has 1 atom stereocenters. The average molecular weight is 542 g/mol. The van der Waals surface area contributed by atoms with Gasteiger partial charge < -0.3 is 15.2 Å². The van der Waals surface area contributed by atoms with E-state index in [1.165, 1.54) is 16.1 Å². The normalized spacial score (nSPS) is 28.5. The summed E-state index contributed by atoms with van der Waals surface area (Å²) in [4.78, 5) is 36.7. The number of thioether (sulfide) groups is 1. The molecule has 0 bridgehead atoms. The zero-order chi connectivity index (χ0) is 26.7. The highest BCUT2D eigenvalue weighted by atomic mass is 32.2. The molecule has 38 heavy (non-hydrogen) atoms. The molecule has 0 aromatic carbocycles. The van der Waals surface area contributed by atoms with Crippen molar-refractivity contribution in [2.24, 2.45) is 25.4 Å². The summed E-state index contributed by atoms with van der Waals surface area (Å²) in [5, 5.41) is 13.8. The lowest BCUT2D eigenvalue weighted by molar-refractivity contribution is -0.151. The molecule has 2 N–H and O–H groups in total. The van der Waals surface area contributed by atoms with Crippen LogP contribution >= 0.6 is 11.8 Å². The van der Waals surface area contributed by atoms with Crippen molar-refractivity contribution in [1.82, 2.24) is 15.1 Å². The largest absolute Gasteiger partial charge is 0.481 e. The van der Waals surface area contributed by atoms with Crippen LogP contribution in [0.2, 0.25) is 0 Å². The van der Waals surface area contributed by atoms with E-state index in [9.17, 15) is 9.90 Å². The van der Waals surface area contributed by atoms with Gasteiger partial charge in [-0.25, -0.2) is 0 Å². The number of hydrogen-bond acceptors (Lipinski definition) is 9. The number of amidine groups is 2. The third kappa shape index (κ3) is 6.11. The van der Waals surface area contributed by atoms with E-state index in [2.05, 4.69) is 20.1 Å². The number of fused-ring (bicyclic) bond motifs is 1. The summed E-state index contributed by atoms with van der Waals surface area (Å²) in [5.41, 5.74) is 3.18. The first-order valence-electron chi connectivity index (χ1n) is 13.7. The zero-order valence-corrected chi connectivity index (χ0v) is 23.5. The van der Waals surface area contributed by atoms with E-state index in [0.717, 1.165) is 68.8 Å². The molecule has 11 heteroatoms. The van der Waals surface area contributed by atoms with Gasteiger partial charge in [-0.3, -0.25) is 34.6 Å². The molecule has 0 aromatic heterocycles. The fourth-order valence-corrected chi connectivity index (χ4v) is 6.71. The van der Waals surface area contributed by atoms with Crippen LogP contribution in [0.5, 0.6) is 0 Å². The van der Waals surface area contributed by atoms with Crippen LogP contribution in [0.3, 0.4) is 0 Å². The Kier molecular flexibility index (Phi) is 8.47. The van der Waals surface area contributed by atoms with Crippen LogP contribution in [0.15, 0.2) is 41.6 Å². The number of rotatable bonds is 5. The Bertz CT molecular complexity index is 1100. The van der Waals surface area contributed by atoms with Gasteiger partial charge in [0.25, 0.3) is 0 Å². The van der Waals surface area contributed by atoms with Gasteiger partial charge in [0.2, 0.25) is 0 Å². The van der Waals surface area contributed by atoms with E-state index in [1.807, 2.05) is 33.2 Å². The summed E-state index contributed by atoms with van der Waals surface area (Å²) in [6, 6.07) is 0.111. The highest BCUT2D eigenvalue weighted by Gasteiger charge is 2.39. The molecule has 4 aliphatic heterocycles. The van der Waals surface area contributed by atoms with Crippen molar-refractivity contribution >= 4 is 41.2 Å². The summed E-state index contributed by atoms with van der Waals surface area (Å²) in [6.07, 6.45) is 6.68. The van der Waals surface area contributed by atoms with Crippen molar-refractivity contribution in [3.63, 3.8) is 0 Å². The minimum absolute atomic E-state index is 0.111. The number of aliphatic carboxylic acids is 1. The van der Waals surface area contributed by atoms with Crippen LogP contribution in [0, 0.1) is 5.41 Å². The van der Waals surface area contributed by atoms with E-state index in [-0.39, 0.29) is 12.3 Å². The SMILES string of the molecule is CCN=C(C)NC1=NC2CC(=C3C=NC(N4CCC(C)(C(=O)O)CC4)N=C3)CC(CN3CCOCC3)=C2S1. The second-order valence-electron chi connectivity index (χ2n) is 10.8. The van der Waals surface area contributed by atoms with Crippen molar-refractivity contribution in [2.45, 2.75) is 58.8 Å². The Morgan fingerprint density at radius 3 is 2.61 bits per heavy atom. The predicted octanol–water partition coefficient (Wildman–Crippen LogP) is 2.79. The summed E-state index contributed by atoms with van der Waals surface area (Å²) in [6.45, 7) is 12.4. The van der Waals surface area contributed by atoms with E-state index >= 15 is 0 Å². The Morgan fingerprint density at radius 1 is 1.24 bits per heavy atom. The molecule has 5 rings (SSSR count). The quantitative estimate of drug-likeness (QED) is 0.406. The molecule has 2 saturated heterocycles. The first-order chi connectivity index (χ1) is 18.3. The summed E-state index contributed by atoms with van der Waals surface area (Å²) in [7, 11) is 0. The molecule has 1 unspecified atom stereocenters. The molecule has 10 nitrogen and oxygen atoms in total. The van der Waals surface area contributed by atoms with Gasteiger partial charge in [0.1, 0.15) is 0 Å². The smallest absolute Gasteiger partial charge is 0.309 e. The lowest BCUT2D eigenvalue weighted by Crippen LogP contribution is -2.46. The van der Waals surface area contributed by atoms with Gasteiger partial charge >= 0.3 is 5.97 Å². The summed E-state index contributed by atoms with van der Waals surface area (Å²) < 4.78 is 5.57. The number of carboxylic acid groups (broad SMARTS) is 1. The van der Waals surface area contributed by atoms with Gasteiger partial charge in [-0.1, -0.05) is 17.3 Å². The van der Waals surface area contributed by atoms with Crippen LogP contribution in [0.25, 0.3) is 0 Å². The third-order valence-corrected chi connectivity index (χ3v) is 9.23. The zero-order valence-electron chi connectivity index (χ0n) is 22.6. The maximum atomic E-state index is 11.6. The van der Waals surface area contributed by atoms with E-state index < -0.39 is 11.4 Å². The van der Waals surface area contributed by atoms with Crippen LogP contribution in [-0.2, 0) is 9.53 Å². The second-order valence-corrected chi connectivity index (χ2v) is 11.9. The minimum Gasteiger partial charge on any atom is -0.481 e. The van der Waals surface area contributed by atoms with Crippen molar-refractivity contribution < 1.29 is 14.6 Å². The van der Waals surface area contributed by atoms with Gasteiger partial charge in [-0.05, 0) is 52.0 Å². The highest BCUT2D eigenvalue weighted by Crippen LogP contribution is 2.43. The van der Waals surface area contributed by atoms with Crippen molar-refractivity contribution in [2.75, 3.05) is 52.5 Å². The number of ether oxygens (including phenoxy) is 1. The molecule has 4 heterocycles. The van der Waals surface area contributed by atoms with E-state index in [4.69, 9.17) is 19.7 Å². The Morgan fingerprint density at radius 2 is 1.95 bits per heavy atom. The lowest BCUT2D eigenvalue weighted by Gasteiger charge is -2.38. The van der Waals surface area contributed by atoms with Crippen LogP contribution < -0.4 is 5.32 Å². The second kappa shape index (κ2) is 11.8. The molecule has 5 aliphatic rings. The molecule has 1 aliphatic carbocycles. The maximum absolute atomic E-state index is 11.6. The Hall–Kier alpha value is -2.34. The molecule has 206 valence electrons. The van der Waals surface area contributed by atoms with Crippen LogP contribution in [0.4, 0.5) is 0 Å². The van der Waals surface area contributed by atoms with Crippen molar-refractivity contribution in [1.29, 1.82) is 0 Å². The van der Waals surface area contributed by atoms with Crippen LogP contribution in [-0.4, -0.2) is 109 Å². The summed E-state index contributed by atoms with van der Waals surface area (Å²) in [5.74, 6) is 0.182. The molecule has 0 aromatic rings. The molecule has 0 saturated carbocycles. The predicted molar refractivity (Wildman–Crippen MR) is 153 cm³/mol. The first-order valence-corrected chi connectivity index (χ1v) is 14.5. The number of carboxylic acids is 1. The number of morpholine rings is 1. The first kappa shape index (κ1) is 27.2. The topological polar surface area (TPSA) is 114 Å². The lowest BCUT2D eigenvalue weighted by atomic mass is 9.80. The number of nitrogens with zero attached hydrogens (tertiary/aromatic N) is 6. The molecule has 0 radical (unpaired) electrons. The number of allylic oxidation sites excluding steroid dienone is 1. The van der Waals surface area contributed by atoms with Gasteiger partial charge in [0, 0.05) is 62.2 Å². The van der Waals surface area contributed by atoms with Gasteiger partial charge in [0.15, 0.2) is 11.5 Å². The monoisotopic (exact) mass is 541 g/mol. The van der Waals surface area contributed by atoms with Crippen molar-refractivity contribution in [3.05, 3.63) is 21.6 Å². The number of hydrogen-bond donors (Lipinski definition) is 2. The number of nitrogens with one attached hydrogen (secondary N) is 1. The number of piperidine rings is 1. The van der Waals surface area contributed by atoms with E-state index in [1.54, 1.807) is 11.8 Å². The molecular weight excluding hydrogens is 502 g/mol. The van der Waals surface area contributed by atoms with Crippen LogP contribution in [0.1, 0.15) is 46.5 Å². The Labute approximate surface area is 229 Å². The third-order valence-electron chi connectivity index (χ3n) is 8.05. The number of carbonyl (C=O) groups is 1. The fraction of sp³-hybridized carbons (Fsp3) is 0.667. The van der Waals surface area contributed by atoms with E-state index in [0.29, 0.717) is 25.9 Å². The summed E-state index contributed by atoms with van der Waals surface area (Å²) >= 11 is 1.76. The number of aliphatic imine (C=N–C) groups is 4. The van der Waals surface area contributed by atoms with Gasteiger partial charge in [-0.2, -0.15) is 0 Å². The standard InChI is InChI=1S/C27H39N7O3S/c1-4-28-18(2)31-26-32-22-14-19(13-20(23(22)38-26)17-33-9-11-37-12-10-33)21-15-29-25(30-16-21)34-7-5-27(3,6-8-34)24(35)36/h15-16,22,25H,4-14,17H2,1-3H3,(H,35,36)(H,28,31,32). The maximum Gasteiger partial charge on any atom is 0.309 e. The fourth-order valence-electron chi connectivity index (χ4n) is 5.57. The Balaban J connectivity index is 1.31. The molecule has 2 fully saturated rings. The molecule has 0 spiro atoms. The van der Waals surface area contributed by atoms with Gasteiger partial charge in [-0.15, -0.1) is 0 Å². The van der Waals surface area contributed by atoms with Crippen molar-refractivity contribution in [3.8, 4) is 0 Å². The highest BCUT2D eigenvalue weighted by molar-refractivity contribution is 8.17. The minimum atomic E-state index is -0.712. The number of likely N-dealkylation sites (tertiary alicyclic amines) is 1. The van der Waals surface area contributed by atoms with Gasteiger partial charge in [0.05, 0.1) is 30.5 Å². The molecular formula is C27H39N7O3S.